The van der Waals surface area contributed by atoms with Gasteiger partial charge in [0.15, 0.2) is 5.13 Å². The molecular weight excluding hydrogens is 298 g/mol. The lowest BCUT2D eigenvalue weighted by Gasteiger charge is -2.13. The Morgan fingerprint density at radius 1 is 1.50 bits per heavy atom. The van der Waals surface area contributed by atoms with E-state index in [0.29, 0.717) is 23.1 Å². The molecule has 2 heterocycles. The van der Waals surface area contributed by atoms with E-state index >= 15 is 0 Å². The van der Waals surface area contributed by atoms with Crippen LogP contribution in [0, 0.1) is 0 Å². The van der Waals surface area contributed by atoms with Gasteiger partial charge < -0.3 is 10.2 Å². The van der Waals surface area contributed by atoms with Gasteiger partial charge in [0, 0.05) is 18.0 Å². The second kappa shape index (κ2) is 5.38. The van der Waals surface area contributed by atoms with Crippen LogP contribution in [0.4, 0.5) is 5.13 Å². The highest BCUT2D eigenvalue weighted by Gasteiger charge is 2.22. The molecule has 7 heteroatoms. The average molecular weight is 310 g/mol. The third-order valence-electron chi connectivity index (χ3n) is 3.10. The number of carbonyl (C=O) groups excluding carboxylic acids is 2. The Balaban J connectivity index is 1.69. The lowest BCUT2D eigenvalue weighted by molar-refractivity contribution is -0.131. The molecule has 5 nitrogen and oxygen atoms in total. The van der Waals surface area contributed by atoms with Gasteiger partial charge in [-0.15, -0.1) is 0 Å². The number of hydrogen-bond donors (Lipinski definition) is 1. The molecule has 1 fully saturated rings. The van der Waals surface area contributed by atoms with Crippen LogP contribution in [0.3, 0.4) is 0 Å². The number of nitrogens with zero attached hydrogens (tertiary/aromatic N) is 2. The maximum atomic E-state index is 11.9. The third kappa shape index (κ3) is 2.76. The third-order valence-corrected chi connectivity index (χ3v) is 4.27. The summed E-state index contributed by atoms with van der Waals surface area (Å²) in [5, 5.41) is 3.90. The summed E-state index contributed by atoms with van der Waals surface area (Å²) in [4.78, 5) is 29.2. The zero-order valence-corrected chi connectivity index (χ0v) is 12.1. The van der Waals surface area contributed by atoms with E-state index in [2.05, 4.69) is 10.3 Å². The largest absolute Gasteiger partial charge is 0.333 e. The Kier molecular flexibility index (Phi) is 3.58. The van der Waals surface area contributed by atoms with Crippen molar-refractivity contribution in [3.63, 3.8) is 0 Å². The molecule has 1 saturated heterocycles. The number of aromatic nitrogens is 1. The predicted octanol–water partition coefficient (Wildman–Crippen LogP) is 2.51. The topological polar surface area (TPSA) is 62.3 Å². The summed E-state index contributed by atoms with van der Waals surface area (Å²) in [6, 6.07) is 5.39. The summed E-state index contributed by atoms with van der Waals surface area (Å²) in [5.41, 5.74) is 0.798. The maximum Gasteiger partial charge on any atom is 0.245 e. The van der Waals surface area contributed by atoms with Crippen LogP contribution < -0.4 is 5.32 Å². The number of nitrogens with one attached hydrogen (secondary N) is 1. The lowest BCUT2D eigenvalue weighted by Crippen LogP contribution is -2.33. The quantitative estimate of drug-likeness (QED) is 0.947. The van der Waals surface area contributed by atoms with Crippen molar-refractivity contribution in [2.45, 2.75) is 12.8 Å². The number of fused-ring (bicyclic) bond motifs is 1. The molecule has 20 heavy (non-hydrogen) atoms. The van der Waals surface area contributed by atoms with Crippen molar-refractivity contribution in [1.82, 2.24) is 9.88 Å². The SMILES string of the molecule is O=C(CN1CCCC1=O)Nc1nc2ccc(Cl)cc2s1. The zero-order chi connectivity index (χ0) is 14.1. The van der Waals surface area contributed by atoms with Gasteiger partial charge in [-0.1, -0.05) is 22.9 Å². The molecule has 0 spiro atoms. The molecule has 2 amide bonds. The minimum atomic E-state index is -0.217. The van der Waals surface area contributed by atoms with Gasteiger partial charge in [0.05, 0.1) is 16.8 Å². The second-order valence-corrected chi connectivity index (χ2v) is 6.07. The Morgan fingerprint density at radius 3 is 3.10 bits per heavy atom. The van der Waals surface area contributed by atoms with Gasteiger partial charge in [0.2, 0.25) is 11.8 Å². The minimum absolute atomic E-state index is 0.0382. The Labute approximate surface area is 124 Å². The Morgan fingerprint density at radius 2 is 2.35 bits per heavy atom. The van der Waals surface area contributed by atoms with E-state index in [1.54, 1.807) is 11.0 Å². The van der Waals surface area contributed by atoms with Crippen LogP contribution in [0.5, 0.6) is 0 Å². The van der Waals surface area contributed by atoms with Crippen LogP contribution >= 0.6 is 22.9 Å². The summed E-state index contributed by atoms with van der Waals surface area (Å²) in [5.74, 6) is -0.179. The molecule has 0 bridgehead atoms. The van der Waals surface area contributed by atoms with Gasteiger partial charge >= 0.3 is 0 Å². The van der Waals surface area contributed by atoms with Crippen LogP contribution in [-0.2, 0) is 9.59 Å². The van der Waals surface area contributed by atoms with Crippen LogP contribution in [0.2, 0.25) is 5.02 Å². The molecular formula is C13H12ClN3O2S. The molecule has 1 aromatic carbocycles. The number of likely N-dealkylation sites (tertiary alicyclic amines) is 1. The summed E-state index contributed by atoms with van der Waals surface area (Å²) in [6.07, 6.45) is 1.36. The van der Waals surface area contributed by atoms with Crippen LogP contribution in [0.1, 0.15) is 12.8 Å². The number of benzene rings is 1. The Bertz CT molecular complexity index is 685. The van der Waals surface area contributed by atoms with E-state index in [1.807, 2.05) is 12.1 Å². The van der Waals surface area contributed by atoms with Gasteiger partial charge in [-0.3, -0.25) is 9.59 Å². The van der Waals surface area contributed by atoms with E-state index in [-0.39, 0.29) is 18.4 Å². The minimum Gasteiger partial charge on any atom is -0.333 e. The second-order valence-electron chi connectivity index (χ2n) is 4.60. The number of halogens is 1. The van der Waals surface area contributed by atoms with Crippen molar-refractivity contribution in [2.24, 2.45) is 0 Å². The summed E-state index contributed by atoms with van der Waals surface area (Å²) in [6.45, 7) is 0.747. The number of carbonyl (C=O) groups is 2. The van der Waals surface area contributed by atoms with Crippen molar-refractivity contribution in [2.75, 3.05) is 18.4 Å². The Hall–Kier alpha value is -1.66. The van der Waals surface area contributed by atoms with Crippen molar-refractivity contribution in [3.8, 4) is 0 Å². The molecule has 0 saturated carbocycles. The average Bonchev–Trinajstić information content (AvgIpc) is 2.95. The molecule has 2 aromatic rings. The zero-order valence-electron chi connectivity index (χ0n) is 10.6. The van der Waals surface area contributed by atoms with Crippen molar-refractivity contribution >= 4 is 50.1 Å². The van der Waals surface area contributed by atoms with Crippen LogP contribution in [0.25, 0.3) is 10.2 Å². The van der Waals surface area contributed by atoms with Crippen molar-refractivity contribution < 1.29 is 9.59 Å². The first-order chi connectivity index (χ1) is 9.61. The number of rotatable bonds is 3. The fourth-order valence-corrected chi connectivity index (χ4v) is 3.31. The first kappa shape index (κ1) is 13.3. The first-order valence-corrected chi connectivity index (χ1v) is 7.45. The number of amides is 2. The summed E-state index contributed by atoms with van der Waals surface area (Å²) < 4.78 is 0.921. The molecule has 1 N–H and O–H groups in total. The predicted molar refractivity (Wildman–Crippen MR) is 79.1 cm³/mol. The van der Waals surface area contributed by atoms with E-state index in [0.717, 1.165) is 16.6 Å². The normalized spacial score (nSPS) is 15.1. The molecule has 0 aliphatic carbocycles. The lowest BCUT2D eigenvalue weighted by atomic mass is 10.3. The van der Waals surface area contributed by atoms with Gasteiger partial charge in [0.1, 0.15) is 0 Å². The van der Waals surface area contributed by atoms with E-state index in [9.17, 15) is 9.59 Å². The van der Waals surface area contributed by atoms with Crippen LogP contribution in [-0.4, -0.2) is 34.8 Å². The smallest absolute Gasteiger partial charge is 0.245 e. The van der Waals surface area contributed by atoms with E-state index < -0.39 is 0 Å². The van der Waals surface area contributed by atoms with Crippen molar-refractivity contribution in [3.05, 3.63) is 23.2 Å². The highest BCUT2D eigenvalue weighted by Crippen LogP contribution is 2.28. The molecule has 0 atom stereocenters. The summed E-state index contributed by atoms with van der Waals surface area (Å²) in [7, 11) is 0. The monoisotopic (exact) mass is 309 g/mol. The number of hydrogen-bond acceptors (Lipinski definition) is 4. The van der Waals surface area contributed by atoms with Gasteiger partial charge in [-0.05, 0) is 24.6 Å². The van der Waals surface area contributed by atoms with Gasteiger partial charge in [0.25, 0.3) is 0 Å². The number of thiazole rings is 1. The van der Waals surface area contributed by atoms with Gasteiger partial charge in [-0.25, -0.2) is 4.98 Å². The molecule has 0 unspecified atom stereocenters. The van der Waals surface area contributed by atoms with E-state index in [1.165, 1.54) is 11.3 Å². The highest BCUT2D eigenvalue weighted by atomic mass is 35.5. The molecule has 1 aliphatic heterocycles. The van der Waals surface area contributed by atoms with Crippen LogP contribution in [0.15, 0.2) is 18.2 Å². The molecule has 1 aromatic heterocycles. The first-order valence-electron chi connectivity index (χ1n) is 6.25. The van der Waals surface area contributed by atoms with E-state index in [4.69, 9.17) is 11.6 Å². The standard InChI is InChI=1S/C13H12ClN3O2S/c14-8-3-4-9-10(6-8)20-13(15-9)16-11(18)7-17-5-1-2-12(17)19/h3-4,6H,1-2,5,7H2,(H,15,16,18). The highest BCUT2D eigenvalue weighted by molar-refractivity contribution is 7.22. The fraction of sp³-hybridized carbons (Fsp3) is 0.308. The van der Waals surface area contributed by atoms with Gasteiger partial charge in [-0.2, -0.15) is 0 Å². The number of anilines is 1. The molecule has 3 rings (SSSR count). The molecule has 0 radical (unpaired) electrons. The molecule has 1 aliphatic rings. The van der Waals surface area contributed by atoms with Crippen molar-refractivity contribution in [1.29, 1.82) is 0 Å². The fourth-order valence-electron chi connectivity index (χ4n) is 2.16. The maximum absolute atomic E-state index is 11.9. The summed E-state index contributed by atoms with van der Waals surface area (Å²) >= 11 is 7.28. The molecule has 104 valence electrons.